The minimum atomic E-state index is -0.382. The molecule has 1 heterocycles. The molecule has 0 spiro atoms. The quantitative estimate of drug-likeness (QED) is 0.830. The summed E-state index contributed by atoms with van der Waals surface area (Å²) in [6.45, 7) is 3.16. The highest BCUT2D eigenvalue weighted by Crippen LogP contribution is 2.14. The minimum absolute atomic E-state index is 0.290. The van der Waals surface area contributed by atoms with Gasteiger partial charge in [0.2, 0.25) is 0 Å². The zero-order valence-corrected chi connectivity index (χ0v) is 11.4. The lowest BCUT2D eigenvalue weighted by Gasteiger charge is -2.13. The van der Waals surface area contributed by atoms with Crippen molar-refractivity contribution in [1.82, 2.24) is 10.2 Å². The third-order valence-corrected chi connectivity index (χ3v) is 3.41. The van der Waals surface area contributed by atoms with Gasteiger partial charge in [0, 0.05) is 13.1 Å². The van der Waals surface area contributed by atoms with Crippen LogP contribution in [0.5, 0.6) is 0 Å². The first-order valence-corrected chi connectivity index (χ1v) is 6.82. The van der Waals surface area contributed by atoms with Gasteiger partial charge in [-0.1, -0.05) is 30.3 Å². The maximum Gasteiger partial charge on any atom is 0.407 e. The average molecular weight is 273 g/mol. The van der Waals surface area contributed by atoms with Crippen molar-refractivity contribution in [2.24, 2.45) is 5.92 Å². The molecule has 1 aliphatic heterocycles. The Morgan fingerprint density at radius 1 is 1.45 bits per heavy atom. The summed E-state index contributed by atoms with van der Waals surface area (Å²) in [7, 11) is 0. The second-order valence-electron chi connectivity index (χ2n) is 4.99. The molecular weight excluding hydrogens is 254 g/mol. The lowest BCUT2D eigenvalue weighted by Crippen LogP contribution is -2.31. The molecule has 0 bridgehead atoms. The number of ether oxygens (including phenoxy) is 1. The molecular formula is C15H19N3O2. The largest absolute Gasteiger partial charge is 0.445 e. The molecule has 0 aromatic heterocycles. The molecule has 1 fully saturated rings. The Morgan fingerprint density at radius 3 is 3.00 bits per heavy atom. The molecule has 2 rings (SSSR count). The van der Waals surface area contributed by atoms with Crippen molar-refractivity contribution >= 4 is 6.09 Å². The zero-order valence-electron chi connectivity index (χ0n) is 11.4. The summed E-state index contributed by atoms with van der Waals surface area (Å²) in [4.78, 5) is 13.7. The fourth-order valence-electron chi connectivity index (χ4n) is 2.32. The molecule has 20 heavy (non-hydrogen) atoms. The van der Waals surface area contributed by atoms with Gasteiger partial charge in [-0.15, -0.1) is 0 Å². The Morgan fingerprint density at radius 2 is 2.25 bits per heavy atom. The Hall–Kier alpha value is -2.06. The van der Waals surface area contributed by atoms with Crippen molar-refractivity contribution in [1.29, 1.82) is 5.26 Å². The van der Waals surface area contributed by atoms with Crippen molar-refractivity contribution in [3.05, 3.63) is 35.9 Å². The number of nitrogens with zero attached hydrogens (tertiary/aromatic N) is 2. The van der Waals surface area contributed by atoms with E-state index in [1.54, 1.807) is 0 Å². The smallest absolute Gasteiger partial charge is 0.407 e. The van der Waals surface area contributed by atoms with E-state index in [2.05, 4.69) is 16.3 Å². The van der Waals surface area contributed by atoms with E-state index in [0.29, 0.717) is 19.0 Å². The molecule has 1 saturated heterocycles. The highest BCUT2D eigenvalue weighted by atomic mass is 16.5. The van der Waals surface area contributed by atoms with Gasteiger partial charge in [-0.25, -0.2) is 4.79 Å². The van der Waals surface area contributed by atoms with E-state index in [1.165, 1.54) is 0 Å². The van der Waals surface area contributed by atoms with E-state index < -0.39 is 0 Å². The summed E-state index contributed by atoms with van der Waals surface area (Å²) in [5, 5.41) is 11.4. The van der Waals surface area contributed by atoms with E-state index in [0.717, 1.165) is 25.1 Å². The van der Waals surface area contributed by atoms with Crippen LogP contribution in [0, 0.1) is 17.2 Å². The normalized spacial score (nSPS) is 18.4. The average Bonchev–Trinajstić information content (AvgIpc) is 2.92. The van der Waals surface area contributed by atoms with Crippen molar-refractivity contribution < 1.29 is 9.53 Å². The predicted molar refractivity (Wildman–Crippen MR) is 74.8 cm³/mol. The first-order chi connectivity index (χ1) is 9.78. The van der Waals surface area contributed by atoms with Gasteiger partial charge in [-0.3, -0.25) is 4.90 Å². The van der Waals surface area contributed by atoms with E-state index in [9.17, 15) is 4.79 Å². The van der Waals surface area contributed by atoms with Crippen LogP contribution in [0.3, 0.4) is 0 Å². The molecule has 1 aromatic carbocycles. The van der Waals surface area contributed by atoms with Crippen molar-refractivity contribution in [2.75, 3.05) is 26.2 Å². The fraction of sp³-hybridized carbons (Fsp3) is 0.467. The van der Waals surface area contributed by atoms with E-state index >= 15 is 0 Å². The van der Waals surface area contributed by atoms with Crippen LogP contribution in [-0.4, -0.2) is 37.2 Å². The van der Waals surface area contributed by atoms with Crippen LogP contribution in [-0.2, 0) is 11.3 Å². The van der Waals surface area contributed by atoms with Crippen molar-refractivity contribution in [3.63, 3.8) is 0 Å². The van der Waals surface area contributed by atoms with E-state index in [4.69, 9.17) is 10.00 Å². The number of nitriles is 1. The highest BCUT2D eigenvalue weighted by molar-refractivity contribution is 5.67. The number of carbonyl (C=O) groups excluding carboxylic acids is 1. The Balaban J connectivity index is 1.62. The Labute approximate surface area is 119 Å². The molecule has 1 amide bonds. The third-order valence-electron chi connectivity index (χ3n) is 3.41. The second-order valence-corrected chi connectivity index (χ2v) is 4.99. The summed E-state index contributed by atoms with van der Waals surface area (Å²) < 4.78 is 5.15. The van der Waals surface area contributed by atoms with Gasteiger partial charge in [0.25, 0.3) is 0 Å². The maximum atomic E-state index is 11.6. The number of benzene rings is 1. The number of alkyl carbamates (subject to hydrolysis) is 1. The summed E-state index contributed by atoms with van der Waals surface area (Å²) in [6.07, 6.45) is 0.633. The van der Waals surface area contributed by atoms with Gasteiger partial charge in [-0.2, -0.15) is 5.26 Å². The molecule has 1 aromatic rings. The SMILES string of the molecule is N#CCN1CCC(CNC(=O)OCc2ccccc2)C1. The topological polar surface area (TPSA) is 65.4 Å². The monoisotopic (exact) mass is 273 g/mol. The van der Waals surface area contributed by atoms with Crippen LogP contribution in [0.4, 0.5) is 4.79 Å². The molecule has 0 saturated carbocycles. The summed E-state index contributed by atoms with van der Waals surface area (Å²) in [5.41, 5.74) is 0.976. The summed E-state index contributed by atoms with van der Waals surface area (Å²) >= 11 is 0. The number of carbonyl (C=O) groups is 1. The summed E-state index contributed by atoms with van der Waals surface area (Å²) in [6, 6.07) is 11.7. The minimum Gasteiger partial charge on any atom is -0.445 e. The van der Waals surface area contributed by atoms with E-state index in [1.807, 2.05) is 30.3 Å². The molecule has 0 aliphatic carbocycles. The maximum absolute atomic E-state index is 11.6. The predicted octanol–water partition coefficient (Wildman–Crippen LogP) is 1.76. The molecule has 1 unspecified atom stereocenters. The van der Waals surface area contributed by atoms with Gasteiger partial charge >= 0.3 is 6.09 Å². The Kier molecular flexibility index (Phi) is 5.39. The standard InChI is InChI=1S/C15H19N3O2/c16-7-9-18-8-6-14(11-18)10-17-15(19)20-12-13-4-2-1-3-5-13/h1-5,14H,6,8-12H2,(H,17,19). The van der Waals surface area contributed by atoms with Gasteiger partial charge in [0.1, 0.15) is 6.61 Å². The first kappa shape index (κ1) is 14.4. The number of amides is 1. The van der Waals surface area contributed by atoms with Crippen LogP contribution in [0.25, 0.3) is 0 Å². The van der Waals surface area contributed by atoms with Gasteiger partial charge in [0.15, 0.2) is 0 Å². The Bertz CT molecular complexity index is 470. The lowest BCUT2D eigenvalue weighted by atomic mass is 10.1. The fourth-order valence-corrected chi connectivity index (χ4v) is 2.32. The molecule has 1 aliphatic rings. The number of nitrogens with one attached hydrogen (secondary N) is 1. The molecule has 106 valence electrons. The highest BCUT2D eigenvalue weighted by Gasteiger charge is 2.22. The van der Waals surface area contributed by atoms with Crippen molar-refractivity contribution in [3.8, 4) is 6.07 Å². The first-order valence-electron chi connectivity index (χ1n) is 6.82. The van der Waals surface area contributed by atoms with Gasteiger partial charge in [-0.05, 0) is 24.4 Å². The van der Waals surface area contributed by atoms with E-state index in [-0.39, 0.29) is 12.7 Å². The zero-order chi connectivity index (χ0) is 14.2. The molecule has 5 heteroatoms. The van der Waals surface area contributed by atoms with Crippen molar-refractivity contribution in [2.45, 2.75) is 13.0 Å². The van der Waals surface area contributed by atoms with Gasteiger partial charge < -0.3 is 10.1 Å². The van der Waals surface area contributed by atoms with Crippen LogP contribution >= 0.6 is 0 Å². The van der Waals surface area contributed by atoms with Crippen LogP contribution in [0.1, 0.15) is 12.0 Å². The van der Waals surface area contributed by atoms with Crippen LogP contribution in [0.15, 0.2) is 30.3 Å². The van der Waals surface area contributed by atoms with Crippen LogP contribution < -0.4 is 5.32 Å². The van der Waals surface area contributed by atoms with Gasteiger partial charge in [0.05, 0.1) is 12.6 Å². The molecule has 5 nitrogen and oxygen atoms in total. The summed E-state index contributed by atoms with van der Waals surface area (Å²) in [5.74, 6) is 0.410. The molecule has 1 atom stereocenters. The third kappa shape index (κ3) is 4.56. The van der Waals surface area contributed by atoms with Crippen LogP contribution in [0.2, 0.25) is 0 Å². The molecule has 0 radical (unpaired) electrons. The number of rotatable bonds is 5. The second kappa shape index (κ2) is 7.51. The number of hydrogen-bond donors (Lipinski definition) is 1. The number of likely N-dealkylation sites (tertiary alicyclic amines) is 1. The molecule has 1 N–H and O–H groups in total. The number of hydrogen-bond acceptors (Lipinski definition) is 4. The lowest BCUT2D eigenvalue weighted by molar-refractivity contribution is 0.138.